The van der Waals surface area contributed by atoms with Crippen LogP contribution < -0.4 is 14.8 Å². The molecule has 1 aliphatic heterocycles. The number of ether oxygens (including phenoxy) is 2. The van der Waals surface area contributed by atoms with Crippen molar-refractivity contribution in [2.75, 3.05) is 6.79 Å². The van der Waals surface area contributed by atoms with E-state index in [0.717, 1.165) is 30.0 Å². The third kappa shape index (κ3) is 5.73. The zero-order chi connectivity index (χ0) is 23.4. The van der Waals surface area contributed by atoms with Crippen LogP contribution in [0.1, 0.15) is 58.9 Å². The highest BCUT2D eigenvalue weighted by atomic mass is 16.7. The van der Waals surface area contributed by atoms with Crippen molar-refractivity contribution >= 4 is 5.91 Å². The van der Waals surface area contributed by atoms with Crippen LogP contribution >= 0.6 is 0 Å². The number of aromatic nitrogens is 1. The normalized spacial score (nSPS) is 13.4. The fourth-order valence-corrected chi connectivity index (χ4v) is 3.76. The van der Waals surface area contributed by atoms with Crippen LogP contribution in [0.3, 0.4) is 0 Å². The second-order valence-electron chi connectivity index (χ2n) is 8.67. The molecule has 0 saturated heterocycles. The topological polar surface area (TPSA) is 76.8 Å². The largest absolute Gasteiger partial charge is 0.454 e. The van der Waals surface area contributed by atoms with E-state index in [9.17, 15) is 4.79 Å². The van der Waals surface area contributed by atoms with Crippen molar-refractivity contribution in [1.29, 1.82) is 0 Å². The standard InChI is InChI=1S/C26H31N3O4/c1-5-19(4)27-26(30)22-15-31-25(28-22)14-29(13-21-10-17(2)6-7-18(21)3)12-20-8-9-23-24(11-20)33-16-32-23/h6-11,15,19H,5,12-14,16H2,1-4H3,(H,27,30)/t19-/m1/s1. The first-order valence-corrected chi connectivity index (χ1v) is 11.3. The van der Waals surface area contributed by atoms with Gasteiger partial charge in [-0.2, -0.15) is 0 Å². The minimum Gasteiger partial charge on any atom is -0.454 e. The molecule has 1 N–H and O–H groups in total. The van der Waals surface area contributed by atoms with Gasteiger partial charge in [0, 0.05) is 19.1 Å². The number of hydrogen-bond acceptors (Lipinski definition) is 6. The maximum atomic E-state index is 12.4. The summed E-state index contributed by atoms with van der Waals surface area (Å²) < 4.78 is 16.7. The fourth-order valence-electron chi connectivity index (χ4n) is 3.76. The average molecular weight is 450 g/mol. The number of hydrogen-bond donors (Lipinski definition) is 1. The molecule has 0 aliphatic carbocycles. The van der Waals surface area contributed by atoms with Gasteiger partial charge in [-0.1, -0.05) is 36.8 Å². The van der Waals surface area contributed by atoms with Gasteiger partial charge in [-0.25, -0.2) is 4.98 Å². The Morgan fingerprint density at radius 1 is 1.09 bits per heavy atom. The second kappa shape index (κ2) is 10.1. The molecule has 0 fully saturated rings. The lowest BCUT2D eigenvalue weighted by Crippen LogP contribution is -2.32. The van der Waals surface area contributed by atoms with Gasteiger partial charge in [0.15, 0.2) is 17.2 Å². The van der Waals surface area contributed by atoms with E-state index in [1.165, 1.54) is 23.0 Å². The molecule has 1 aromatic heterocycles. The fraction of sp³-hybridized carbons (Fsp3) is 0.385. The highest BCUT2D eigenvalue weighted by molar-refractivity contribution is 5.92. The van der Waals surface area contributed by atoms with Crippen LogP contribution in [-0.2, 0) is 19.6 Å². The van der Waals surface area contributed by atoms with Gasteiger partial charge in [-0.3, -0.25) is 9.69 Å². The molecule has 2 heterocycles. The van der Waals surface area contributed by atoms with Gasteiger partial charge < -0.3 is 19.2 Å². The van der Waals surface area contributed by atoms with E-state index in [1.807, 2.05) is 32.0 Å². The van der Waals surface area contributed by atoms with E-state index in [-0.39, 0.29) is 18.7 Å². The summed E-state index contributed by atoms with van der Waals surface area (Å²) in [4.78, 5) is 19.1. The quantitative estimate of drug-likeness (QED) is 0.508. The summed E-state index contributed by atoms with van der Waals surface area (Å²) in [5.74, 6) is 1.83. The number of carbonyl (C=O) groups excluding carboxylic acids is 1. The predicted octanol–water partition coefficient (Wildman–Crippen LogP) is 4.75. The lowest BCUT2D eigenvalue weighted by molar-refractivity contribution is 0.0934. The van der Waals surface area contributed by atoms with Gasteiger partial charge in [0.05, 0.1) is 6.54 Å². The zero-order valence-electron chi connectivity index (χ0n) is 19.7. The molecule has 0 radical (unpaired) electrons. The highest BCUT2D eigenvalue weighted by Crippen LogP contribution is 2.33. The number of oxazole rings is 1. The zero-order valence-corrected chi connectivity index (χ0v) is 19.7. The van der Waals surface area contributed by atoms with Gasteiger partial charge in [-0.05, 0) is 56.0 Å². The molecule has 0 bridgehead atoms. The van der Waals surface area contributed by atoms with Gasteiger partial charge in [0.1, 0.15) is 6.26 Å². The maximum Gasteiger partial charge on any atom is 0.273 e. The third-order valence-electron chi connectivity index (χ3n) is 5.87. The van der Waals surface area contributed by atoms with E-state index in [1.54, 1.807) is 0 Å². The Morgan fingerprint density at radius 2 is 1.91 bits per heavy atom. The number of amides is 1. The first kappa shape index (κ1) is 22.9. The summed E-state index contributed by atoms with van der Waals surface area (Å²) in [7, 11) is 0. The Hall–Kier alpha value is -3.32. The SMILES string of the molecule is CC[C@@H](C)NC(=O)c1coc(CN(Cc2ccc3c(c2)OCO3)Cc2cc(C)ccc2C)n1. The molecule has 1 aliphatic rings. The van der Waals surface area contributed by atoms with Gasteiger partial charge in [-0.15, -0.1) is 0 Å². The lowest BCUT2D eigenvalue weighted by atomic mass is 10.0. The molecule has 0 unspecified atom stereocenters. The molecule has 1 amide bonds. The van der Waals surface area contributed by atoms with Crippen LogP contribution in [0.15, 0.2) is 47.1 Å². The van der Waals surface area contributed by atoms with E-state index < -0.39 is 0 Å². The van der Waals surface area contributed by atoms with Crippen LogP contribution in [0.4, 0.5) is 0 Å². The molecule has 4 rings (SSSR count). The molecular weight excluding hydrogens is 418 g/mol. The highest BCUT2D eigenvalue weighted by Gasteiger charge is 2.19. The lowest BCUT2D eigenvalue weighted by Gasteiger charge is -2.22. The Morgan fingerprint density at radius 3 is 2.73 bits per heavy atom. The molecule has 7 heteroatoms. The Labute approximate surface area is 194 Å². The summed E-state index contributed by atoms with van der Waals surface area (Å²) in [5.41, 5.74) is 5.11. The van der Waals surface area contributed by atoms with Gasteiger partial charge in [0.2, 0.25) is 12.7 Å². The van der Waals surface area contributed by atoms with E-state index in [2.05, 4.69) is 47.2 Å². The molecule has 2 aromatic carbocycles. The molecule has 1 atom stereocenters. The van der Waals surface area contributed by atoms with Crippen molar-refractivity contribution < 1.29 is 18.7 Å². The molecular formula is C26H31N3O4. The van der Waals surface area contributed by atoms with Crippen LogP contribution in [-0.4, -0.2) is 28.6 Å². The number of benzene rings is 2. The number of fused-ring (bicyclic) bond motifs is 1. The second-order valence-corrected chi connectivity index (χ2v) is 8.67. The van der Waals surface area contributed by atoms with Gasteiger partial charge in [0.25, 0.3) is 5.91 Å². The Kier molecular flexibility index (Phi) is 6.99. The van der Waals surface area contributed by atoms with Crippen molar-refractivity contribution in [2.45, 2.75) is 59.8 Å². The first-order chi connectivity index (χ1) is 15.9. The van der Waals surface area contributed by atoms with Crippen molar-refractivity contribution in [3.63, 3.8) is 0 Å². The van der Waals surface area contributed by atoms with E-state index in [0.29, 0.717) is 24.7 Å². The number of carbonyl (C=O) groups is 1. The summed E-state index contributed by atoms with van der Waals surface area (Å²) in [5, 5.41) is 2.93. The molecule has 0 saturated carbocycles. The monoisotopic (exact) mass is 449 g/mol. The number of nitrogens with zero attached hydrogens (tertiary/aromatic N) is 2. The van der Waals surface area contributed by atoms with Crippen LogP contribution in [0.5, 0.6) is 11.5 Å². The Balaban J connectivity index is 1.53. The van der Waals surface area contributed by atoms with Crippen LogP contribution in [0.2, 0.25) is 0 Å². The smallest absolute Gasteiger partial charge is 0.273 e. The summed E-state index contributed by atoms with van der Waals surface area (Å²) >= 11 is 0. The minimum absolute atomic E-state index is 0.0875. The average Bonchev–Trinajstić information content (AvgIpc) is 3.45. The van der Waals surface area contributed by atoms with Gasteiger partial charge >= 0.3 is 0 Å². The first-order valence-electron chi connectivity index (χ1n) is 11.3. The minimum atomic E-state index is -0.212. The van der Waals surface area contributed by atoms with Crippen LogP contribution in [0, 0.1) is 13.8 Å². The number of rotatable bonds is 9. The molecule has 3 aromatic rings. The van der Waals surface area contributed by atoms with Crippen LogP contribution in [0.25, 0.3) is 0 Å². The summed E-state index contributed by atoms with van der Waals surface area (Å²) in [6, 6.07) is 12.6. The number of nitrogens with one attached hydrogen (secondary N) is 1. The van der Waals surface area contributed by atoms with E-state index in [4.69, 9.17) is 13.9 Å². The molecule has 33 heavy (non-hydrogen) atoms. The van der Waals surface area contributed by atoms with Crippen molar-refractivity contribution in [3.8, 4) is 11.5 Å². The summed E-state index contributed by atoms with van der Waals surface area (Å²) in [6.07, 6.45) is 2.29. The number of aryl methyl sites for hydroxylation is 2. The third-order valence-corrected chi connectivity index (χ3v) is 5.87. The van der Waals surface area contributed by atoms with E-state index >= 15 is 0 Å². The summed E-state index contributed by atoms with van der Waals surface area (Å²) in [6.45, 7) is 10.3. The van der Waals surface area contributed by atoms with Crippen molar-refractivity contribution in [1.82, 2.24) is 15.2 Å². The van der Waals surface area contributed by atoms with Crippen molar-refractivity contribution in [2.24, 2.45) is 0 Å². The Bertz CT molecular complexity index is 1120. The molecule has 7 nitrogen and oxygen atoms in total. The van der Waals surface area contributed by atoms with Crippen molar-refractivity contribution in [3.05, 3.63) is 76.5 Å². The maximum absolute atomic E-state index is 12.4. The predicted molar refractivity (Wildman–Crippen MR) is 125 cm³/mol. The molecule has 0 spiro atoms. The molecule has 174 valence electrons.